The van der Waals surface area contributed by atoms with Crippen LogP contribution in [0.25, 0.3) is 0 Å². The van der Waals surface area contributed by atoms with Gasteiger partial charge < -0.3 is 19.7 Å². The summed E-state index contributed by atoms with van der Waals surface area (Å²) in [6.45, 7) is 8.47. The minimum atomic E-state index is -0.628. The summed E-state index contributed by atoms with van der Waals surface area (Å²) in [5, 5.41) is 2.91. The van der Waals surface area contributed by atoms with Crippen LogP contribution in [0.3, 0.4) is 0 Å². The molecule has 2 atom stereocenters. The van der Waals surface area contributed by atoms with Crippen molar-refractivity contribution in [2.75, 3.05) is 32.9 Å². The highest BCUT2D eigenvalue weighted by molar-refractivity contribution is 5.88. The average Bonchev–Trinajstić information content (AvgIpc) is 2.64. The zero-order chi connectivity index (χ0) is 18.2. The molecule has 1 saturated carbocycles. The Morgan fingerprint density at radius 2 is 1.76 bits per heavy atom. The molecule has 2 amide bonds. The van der Waals surface area contributed by atoms with Crippen LogP contribution >= 0.6 is 0 Å². The largest absolute Gasteiger partial charge is 0.378 e. The molecule has 1 N–H and O–H groups in total. The predicted octanol–water partition coefficient (Wildman–Crippen LogP) is 1.97. The molecule has 144 valence electrons. The van der Waals surface area contributed by atoms with Gasteiger partial charge >= 0.3 is 0 Å². The van der Waals surface area contributed by atoms with Crippen molar-refractivity contribution in [1.82, 2.24) is 10.2 Å². The molecule has 0 aromatic carbocycles. The summed E-state index contributed by atoms with van der Waals surface area (Å²) in [6, 6.07) is -0.628. The topological polar surface area (TPSA) is 67.9 Å². The van der Waals surface area contributed by atoms with E-state index in [1.165, 1.54) is 32.1 Å². The van der Waals surface area contributed by atoms with Crippen LogP contribution in [0, 0.1) is 11.8 Å². The van der Waals surface area contributed by atoms with Gasteiger partial charge in [0.25, 0.3) is 0 Å². The van der Waals surface area contributed by atoms with Crippen LogP contribution in [0.1, 0.15) is 52.9 Å². The van der Waals surface area contributed by atoms with Gasteiger partial charge in [-0.1, -0.05) is 33.1 Å². The maximum absolute atomic E-state index is 12.9. The third-order valence-electron chi connectivity index (χ3n) is 5.20. The first-order valence-electron chi connectivity index (χ1n) is 9.77. The van der Waals surface area contributed by atoms with Crippen molar-refractivity contribution >= 4 is 11.8 Å². The Labute approximate surface area is 151 Å². The molecule has 0 spiro atoms. The fourth-order valence-corrected chi connectivity index (χ4v) is 3.42. The Morgan fingerprint density at radius 3 is 2.36 bits per heavy atom. The van der Waals surface area contributed by atoms with E-state index >= 15 is 0 Å². The average molecular weight is 354 g/mol. The zero-order valence-corrected chi connectivity index (χ0v) is 16.0. The number of hydrogen-bond acceptors (Lipinski definition) is 4. The van der Waals surface area contributed by atoms with Gasteiger partial charge in [-0.15, -0.1) is 0 Å². The van der Waals surface area contributed by atoms with Gasteiger partial charge in [0, 0.05) is 25.6 Å². The van der Waals surface area contributed by atoms with Gasteiger partial charge in [-0.2, -0.15) is 0 Å². The van der Waals surface area contributed by atoms with Crippen molar-refractivity contribution < 1.29 is 19.1 Å². The first-order chi connectivity index (χ1) is 12.0. The second kappa shape index (κ2) is 10.1. The quantitative estimate of drug-likeness (QED) is 0.759. The van der Waals surface area contributed by atoms with Gasteiger partial charge in [-0.05, 0) is 25.7 Å². The molecule has 2 unspecified atom stereocenters. The lowest BCUT2D eigenvalue weighted by molar-refractivity contribution is -0.145. The number of carbonyl (C=O) groups excluding carboxylic acids is 2. The molecule has 0 bridgehead atoms. The van der Waals surface area contributed by atoms with Crippen molar-refractivity contribution in [3.63, 3.8) is 0 Å². The van der Waals surface area contributed by atoms with Crippen LogP contribution in [0.4, 0.5) is 0 Å². The van der Waals surface area contributed by atoms with Crippen LogP contribution in [0.5, 0.6) is 0 Å². The molecule has 0 aromatic rings. The Morgan fingerprint density at radius 1 is 1.12 bits per heavy atom. The molecule has 6 heteroatoms. The van der Waals surface area contributed by atoms with E-state index in [0.717, 1.165) is 0 Å². The predicted molar refractivity (Wildman–Crippen MR) is 96.2 cm³/mol. The van der Waals surface area contributed by atoms with Crippen molar-refractivity contribution in [2.24, 2.45) is 11.8 Å². The first kappa shape index (κ1) is 20.2. The van der Waals surface area contributed by atoms with E-state index in [4.69, 9.17) is 9.47 Å². The van der Waals surface area contributed by atoms with Gasteiger partial charge in [0.05, 0.1) is 19.3 Å². The first-order valence-corrected chi connectivity index (χ1v) is 9.77. The van der Waals surface area contributed by atoms with E-state index < -0.39 is 6.04 Å². The van der Waals surface area contributed by atoms with Crippen LogP contribution in [0.15, 0.2) is 0 Å². The summed E-state index contributed by atoms with van der Waals surface area (Å²) in [7, 11) is 0. The standard InChI is InChI=1S/C19H34N2O4/c1-14(2)18(22)20-17(19(23)21-9-11-24-12-10-21)15(3)25-13-16-7-5-4-6-8-16/h14-17H,4-13H2,1-3H3,(H,20,22). The van der Waals surface area contributed by atoms with E-state index in [9.17, 15) is 9.59 Å². The summed E-state index contributed by atoms with van der Waals surface area (Å²) in [5.74, 6) is 0.245. The van der Waals surface area contributed by atoms with Gasteiger partial charge in [-0.25, -0.2) is 0 Å². The molecule has 1 aliphatic heterocycles. The molecule has 2 fully saturated rings. The number of nitrogens with zero attached hydrogens (tertiary/aromatic N) is 1. The normalized spacial score (nSPS) is 21.8. The minimum absolute atomic E-state index is 0.0616. The summed E-state index contributed by atoms with van der Waals surface area (Å²) in [6.07, 6.45) is 5.92. The Balaban J connectivity index is 1.95. The van der Waals surface area contributed by atoms with Crippen molar-refractivity contribution in [3.8, 4) is 0 Å². The molecule has 2 aliphatic rings. The lowest BCUT2D eigenvalue weighted by Crippen LogP contribution is -2.57. The SMILES string of the molecule is CC(C)C(=O)NC(C(=O)N1CCOCC1)C(C)OCC1CCCCC1. The van der Waals surface area contributed by atoms with Crippen LogP contribution in [-0.4, -0.2) is 61.8 Å². The second-order valence-corrected chi connectivity index (χ2v) is 7.62. The highest BCUT2D eigenvalue weighted by Gasteiger charge is 2.33. The van der Waals surface area contributed by atoms with Gasteiger partial charge in [0.15, 0.2) is 0 Å². The number of carbonyl (C=O) groups is 2. The van der Waals surface area contributed by atoms with E-state index in [0.29, 0.717) is 38.8 Å². The molecular formula is C19H34N2O4. The fourth-order valence-electron chi connectivity index (χ4n) is 3.42. The second-order valence-electron chi connectivity index (χ2n) is 7.62. The smallest absolute Gasteiger partial charge is 0.248 e. The molecule has 1 saturated heterocycles. The molecule has 6 nitrogen and oxygen atoms in total. The number of amides is 2. The number of ether oxygens (including phenoxy) is 2. The monoisotopic (exact) mass is 354 g/mol. The number of rotatable bonds is 7. The molecule has 1 aliphatic carbocycles. The molecule has 0 radical (unpaired) electrons. The molecule has 25 heavy (non-hydrogen) atoms. The third-order valence-corrected chi connectivity index (χ3v) is 5.20. The number of morpholine rings is 1. The Kier molecular flexibility index (Phi) is 8.16. The van der Waals surface area contributed by atoms with Crippen LogP contribution in [0.2, 0.25) is 0 Å². The van der Waals surface area contributed by atoms with Crippen LogP contribution < -0.4 is 5.32 Å². The van der Waals surface area contributed by atoms with E-state index in [1.807, 2.05) is 20.8 Å². The maximum atomic E-state index is 12.9. The molecule has 0 aromatic heterocycles. The molecular weight excluding hydrogens is 320 g/mol. The maximum Gasteiger partial charge on any atom is 0.248 e. The van der Waals surface area contributed by atoms with Crippen molar-refractivity contribution in [2.45, 2.75) is 65.0 Å². The summed E-state index contributed by atoms with van der Waals surface area (Å²) in [5.41, 5.74) is 0. The molecule has 2 rings (SSSR count). The lowest BCUT2D eigenvalue weighted by Gasteiger charge is -2.34. The van der Waals surface area contributed by atoms with E-state index in [-0.39, 0.29) is 23.8 Å². The van der Waals surface area contributed by atoms with Gasteiger partial charge in [0.1, 0.15) is 6.04 Å². The van der Waals surface area contributed by atoms with Crippen LogP contribution in [-0.2, 0) is 19.1 Å². The van der Waals surface area contributed by atoms with Crippen molar-refractivity contribution in [3.05, 3.63) is 0 Å². The lowest BCUT2D eigenvalue weighted by atomic mass is 9.90. The number of nitrogens with one attached hydrogen (secondary N) is 1. The fraction of sp³-hybridized carbons (Fsp3) is 0.895. The Bertz CT molecular complexity index is 429. The highest BCUT2D eigenvalue weighted by Crippen LogP contribution is 2.24. The number of hydrogen-bond donors (Lipinski definition) is 1. The zero-order valence-electron chi connectivity index (χ0n) is 16.0. The van der Waals surface area contributed by atoms with E-state index in [2.05, 4.69) is 5.32 Å². The van der Waals surface area contributed by atoms with E-state index in [1.54, 1.807) is 4.90 Å². The van der Waals surface area contributed by atoms with Crippen molar-refractivity contribution in [1.29, 1.82) is 0 Å². The summed E-state index contributed by atoms with van der Waals surface area (Å²) < 4.78 is 11.4. The van der Waals surface area contributed by atoms with Gasteiger partial charge in [-0.3, -0.25) is 9.59 Å². The third kappa shape index (κ3) is 6.26. The Hall–Kier alpha value is -1.14. The summed E-state index contributed by atoms with van der Waals surface area (Å²) in [4.78, 5) is 26.9. The highest BCUT2D eigenvalue weighted by atomic mass is 16.5. The minimum Gasteiger partial charge on any atom is -0.378 e. The van der Waals surface area contributed by atoms with Gasteiger partial charge in [0.2, 0.25) is 11.8 Å². The summed E-state index contributed by atoms with van der Waals surface area (Å²) >= 11 is 0. The molecule has 1 heterocycles.